The van der Waals surface area contributed by atoms with Crippen LogP contribution in [0.4, 0.5) is 0 Å². The summed E-state index contributed by atoms with van der Waals surface area (Å²) in [5, 5.41) is 0. The van der Waals surface area contributed by atoms with E-state index in [1.807, 2.05) is 25.1 Å². The summed E-state index contributed by atoms with van der Waals surface area (Å²) in [6, 6.07) is 5.71. The molecule has 1 aromatic rings. The Labute approximate surface area is 113 Å². The van der Waals surface area contributed by atoms with Gasteiger partial charge in [0.25, 0.3) is 0 Å². The molecule has 0 fully saturated rings. The molecule has 106 valence electrons. The van der Waals surface area contributed by atoms with E-state index in [0.29, 0.717) is 11.5 Å². The summed E-state index contributed by atoms with van der Waals surface area (Å²) in [7, 11) is 2.87. The first-order valence-electron chi connectivity index (χ1n) is 6.22. The predicted molar refractivity (Wildman–Crippen MR) is 72.5 cm³/mol. The van der Waals surface area contributed by atoms with Gasteiger partial charge in [-0.3, -0.25) is 0 Å². The van der Waals surface area contributed by atoms with E-state index in [4.69, 9.17) is 15.2 Å². The molecular formula is C14H21NO4. The Morgan fingerprint density at radius 3 is 2.63 bits per heavy atom. The first kappa shape index (κ1) is 15.3. The van der Waals surface area contributed by atoms with E-state index in [-0.39, 0.29) is 12.6 Å². The minimum absolute atomic E-state index is 0.113. The van der Waals surface area contributed by atoms with Crippen molar-refractivity contribution in [2.45, 2.75) is 25.8 Å². The molecule has 1 unspecified atom stereocenters. The lowest BCUT2D eigenvalue weighted by Gasteiger charge is -2.13. The Balaban J connectivity index is 2.80. The monoisotopic (exact) mass is 267 g/mol. The fraction of sp³-hybridized carbons (Fsp3) is 0.500. The van der Waals surface area contributed by atoms with Gasteiger partial charge in [-0.05, 0) is 30.5 Å². The van der Waals surface area contributed by atoms with E-state index >= 15 is 0 Å². The minimum Gasteiger partial charge on any atom is -0.493 e. The zero-order valence-electron chi connectivity index (χ0n) is 11.6. The summed E-state index contributed by atoms with van der Waals surface area (Å²) in [5.74, 6) is 0.671. The third-order valence-corrected chi connectivity index (χ3v) is 2.82. The maximum Gasteiger partial charge on any atom is 0.343 e. The van der Waals surface area contributed by atoms with E-state index in [9.17, 15) is 4.79 Å². The topological polar surface area (TPSA) is 70.8 Å². The molecule has 1 aromatic carbocycles. The van der Waals surface area contributed by atoms with Gasteiger partial charge in [0.2, 0.25) is 0 Å². The average molecular weight is 267 g/mol. The molecule has 1 rings (SSSR count). The van der Waals surface area contributed by atoms with Crippen LogP contribution in [0.1, 0.15) is 18.9 Å². The number of esters is 1. The lowest BCUT2D eigenvalue weighted by molar-refractivity contribution is -0.142. The Morgan fingerprint density at radius 2 is 2.05 bits per heavy atom. The molecule has 19 heavy (non-hydrogen) atoms. The highest BCUT2D eigenvalue weighted by molar-refractivity contribution is 5.71. The van der Waals surface area contributed by atoms with E-state index in [1.165, 1.54) is 7.11 Å². The quantitative estimate of drug-likeness (QED) is 0.758. The molecular weight excluding hydrogens is 246 g/mol. The Hall–Kier alpha value is -1.75. The van der Waals surface area contributed by atoms with Crippen molar-refractivity contribution in [2.75, 3.05) is 20.8 Å². The molecule has 0 spiro atoms. The number of benzene rings is 1. The van der Waals surface area contributed by atoms with Gasteiger partial charge in [-0.1, -0.05) is 13.0 Å². The Bertz CT molecular complexity index is 420. The van der Waals surface area contributed by atoms with Crippen molar-refractivity contribution in [1.82, 2.24) is 0 Å². The van der Waals surface area contributed by atoms with Crippen LogP contribution in [0.2, 0.25) is 0 Å². The lowest BCUT2D eigenvalue weighted by Crippen LogP contribution is -2.21. The van der Waals surface area contributed by atoms with Gasteiger partial charge in [-0.2, -0.15) is 0 Å². The van der Waals surface area contributed by atoms with Gasteiger partial charge in [0, 0.05) is 6.04 Å². The van der Waals surface area contributed by atoms with Crippen LogP contribution in [-0.2, 0) is 16.0 Å². The van der Waals surface area contributed by atoms with Crippen LogP contribution in [0.25, 0.3) is 0 Å². The van der Waals surface area contributed by atoms with Crippen LogP contribution in [0.5, 0.6) is 11.5 Å². The third-order valence-electron chi connectivity index (χ3n) is 2.82. The molecule has 0 aliphatic rings. The van der Waals surface area contributed by atoms with Crippen molar-refractivity contribution in [3.63, 3.8) is 0 Å². The number of carbonyl (C=O) groups excluding carboxylic acids is 1. The molecule has 1 atom stereocenters. The highest BCUT2D eigenvalue weighted by atomic mass is 16.6. The number of hydrogen-bond acceptors (Lipinski definition) is 5. The van der Waals surface area contributed by atoms with Gasteiger partial charge < -0.3 is 19.9 Å². The van der Waals surface area contributed by atoms with Crippen LogP contribution in [0.3, 0.4) is 0 Å². The van der Waals surface area contributed by atoms with Crippen molar-refractivity contribution in [1.29, 1.82) is 0 Å². The average Bonchev–Trinajstić information content (AvgIpc) is 2.44. The van der Waals surface area contributed by atoms with Gasteiger partial charge in [0.1, 0.15) is 0 Å². The second-order valence-electron chi connectivity index (χ2n) is 4.22. The van der Waals surface area contributed by atoms with Gasteiger partial charge in [0.05, 0.1) is 14.2 Å². The van der Waals surface area contributed by atoms with Crippen molar-refractivity contribution >= 4 is 5.97 Å². The number of ether oxygens (including phenoxy) is 3. The Kier molecular flexibility index (Phi) is 6.15. The van der Waals surface area contributed by atoms with E-state index in [2.05, 4.69) is 4.74 Å². The second kappa shape index (κ2) is 7.63. The summed E-state index contributed by atoms with van der Waals surface area (Å²) in [4.78, 5) is 11.1. The first-order chi connectivity index (χ1) is 9.10. The largest absolute Gasteiger partial charge is 0.493 e. The smallest absolute Gasteiger partial charge is 0.343 e. The van der Waals surface area contributed by atoms with Crippen LogP contribution in [-0.4, -0.2) is 32.8 Å². The highest BCUT2D eigenvalue weighted by Gasteiger charge is 2.10. The van der Waals surface area contributed by atoms with Gasteiger partial charge in [-0.25, -0.2) is 4.79 Å². The van der Waals surface area contributed by atoms with Crippen molar-refractivity contribution < 1.29 is 19.0 Å². The van der Waals surface area contributed by atoms with Crippen molar-refractivity contribution in [2.24, 2.45) is 5.73 Å². The summed E-state index contributed by atoms with van der Waals surface area (Å²) < 4.78 is 15.1. The molecule has 0 aromatic heterocycles. The zero-order chi connectivity index (χ0) is 14.3. The molecule has 2 N–H and O–H groups in total. The van der Waals surface area contributed by atoms with Gasteiger partial charge >= 0.3 is 5.97 Å². The van der Waals surface area contributed by atoms with Crippen molar-refractivity contribution in [3.05, 3.63) is 23.8 Å². The minimum atomic E-state index is -0.433. The summed E-state index contributed by atoms with van der Waals surface area (Å²) in [6.45, 7) is 1.90. The second-order valence-corrected chi connectivity index (χ2v) is 4.22. The molecule has 0 heterocycles. The van der Waals surface area contributed by atoms with Crippen LogP contribution in [0.15, 0.2) is 18.2 Å². The number of nitrogens with two attached hydrogens (primary N) is 1. The molecule has 0 bridgehead atoms. The maximum absolute atomic E-state index is 11.1. The summed E-state index contributed by atoms with van der Waals surface area (Å²) in [6.07, 6.45) is 1.67. The standard InChI is InChI=1S/C14H21NO4/c1-4-11(15)7-10-5-6-12(17-2)13(8-10)19-9-14(16)18-3/h5-6,8,11H,4,7,9,15H2,1-3H3. The molecule has 0 radical (unpaired) electrons. The number of hydrogen-bond donors (Lipinski definition) is 1. The predicted octanol–water partition coefficient (Wildman–Crippen LogP) is 1.53. The maximum atomic E-state index is 11.1. The molecule has 0 aliphatic heterocycles. The fourth-order valence-electron chi connectivity index (χ4n) is 1.60. The van der Waals surface area contributed by atoms with Gasteiger partial charge in [-0.15, -0.1) is 0 Å². The normalized spacial score (nSPS) is 11.8. The lowest BCUT2D eigenvalue weighted by atomic mass is 10.0. The number of methoxy groups -OCH3 is 2. The highest BCUT2D eigenvalue weighted by Crippen LogP contribution is 2.28. The first-order valence-corrected chi connectivity index (χ1v) is 6.22. The molecule has 5 nitrogen and oxygen atoms in total. The zero-order valence-corrected chi connectivity index (χ0v) is 11.6. The molecule has 0 amide bonds. The molecule has 0 saturated carbocycles. The molecule has 0 saturated heterocycles. The van der Waals surface area contributed by atoms with E-state index in [1.54, 1.807) is 7.11 Å². The number of rotatable bonds is 7. The Morgan fingerprint density at radius 1 is 1.32 bits per heavy atom. The van der Waals surface area contributed by atoms with Gasteiger partial charge in [0.15, 0.2) is 18.1 Å². The van der Waals surface area contributed by atoms with Crippen LogP contribution >= 0.6 is 0 Å². The molecule has 5 heteroatoms. The van der Waals surface area contributed by atoms with Crippen LogP contribution in [0, 0.1) is 0 Å². The molecule has 0 aliphatic carbocycles. The van der Waals surface area contributed by atoms with Crippen LogP contribution < -0.4 is 15.2 Å². The van der Waals surface area contributed by atoms with E-state index < -0.39 is 5.97 Å². The fourth-order valence-corrected chi connectivity index (χ4v) is 1.60. The SMILES string of the molecule is CCC(N)Cc1ccc(OC)c(OCC(=O)OC)c1. The van der Waals surface area contributed by atoms with E-state index in [0.717, 1.165) is 18.4 Å². The third kappa shape index (κ3) is 4.79. The summed E-state index contributed by atoms with van der Waals surface area (Å²) in [5.41, 5.74) is 6.97. The van der Waals surface area contributed by atoms with Crippen molar-refractivity contribution in [3.8, 4) is 11.5 Å². The number of carbonyl (C=O) groups is 1. The summed E-state index contributed by atoms with van der Waals surface area (Å²) >= 11 is 0.